The number of nitrogens with one attached hydrogen (secondary N) is 1. The summed E-state index contributed by atoms with van der Waals surface area (Å²) in [6.45, 7) is 4.40. The fraction of sp³-hybridized carbons (Fsp3) is 0.308. The van der Waals surface area contributed by atoms with Crippen molar-refractivity contribution in [1.82, 2.24) is 19.9 Å². The highest BCUT2D eigenvalue weighted by molar-refractivity contribution is 7.17. The van der Waals surface area contributed by atoms with Crippen molar-refractivity contribution in [3.8, 4) is 0 Å². The number of piperidine rings is 1. The Labute approximate surface area is 202 Å². The minimum Gasteiger partial charge on any atom is -0.352 e. The van der Waals surface area contributed by atoms with Crippen LogP contribution in [0.4, 0.5) is 5.95 Å². The van der Waals surface area contributed by atoms with Crippen molar-refractivity contribution in [1.29, 1.82) is 0 Å². The first kappa shape index (κ1) is 22.3. The molecule has 0 radical (unpaired) electrons. The molecule has 0 atom stereocenters. The molecule has 0 spiro atoms. The van der Waals surface area contributed by atoms with Gasteiger partial charge in [-0.3, -0.25) is 19.1 Å². The number of carbonyl (C=O) groups is 1. The van der Waals surface area contributed by atoms with Gasteiger partial charge in [-0.15, -0.1) is 11.3 Å². The molecule has 0 saturated carbocycles. The molecule has 174 valence electrons. The summed E-state index contributed by atoms with van der Waals surface area (Å²) in [6, 6.07) is 14.0. The Bertz CT molecular complexity index is 1340. The molecule has 0 aliphatic carbocycles. The molecule has 0 unspecified atom stereocenters. The van der Waals surface area contributed by atoms with Gasteiger partial charge in [0.05, 0.1) is 12.1 Å². The van der Waals surface area contributed by atoms with Crippen LogP contribution in [-0.4, -0.2) is 33.5 Å². The molecule has 4 heterocycles. The van der Waals surface area contributed by atoms with E-state index in [1.165, 1.54) is 16.9 Å². The van der Waals surface area contributed by atoms with Gasteiger partial charge in [0, 0.05) is 37.9 Å². The average Bonchev–Trinajstić information content (AvgIpc) is 3.35. The number of carbonyl (C=O) groups excluding carboxylic acids is 1. The lowest BCUT2D eigenvalue weighted by atomic mass is 9.96. The topological polar surface area (TPSA) is 80.1 Å². The van der Waals surface area contributed by atoms with Crippen molar-refractivity contribution in [2.75, 3.05) is 18.0 Å². The molecule has 1 aliphatic rings. The third-order valence-electron chi connectivity index (χ3n) is 6.37. The third kappa shape index (κ3) is 4.72. The summed E-state index contributed by atoms with van der Waals surface area (Å²) in [5.74, 6) is 0.724. The summed E-state index contributed by atoms with van der Waals surface area (Å²) in [7, 11) is 0. The van der Waals surface area contributed by atoms with Crippen LogP contribution < -0.4 is 15.8 Å². The summed E-state index contributed by atoms with van der Waals surface area (Å²) in [5, 5.41) is 4.96. The number of amides is 1. The van der Waals surface area contributed by atoms with Crippen molar-refractivity contribution in [3.05, 3.63) is 87.3 Å². The molecule has 1 aromatic carbocycles. The fourth-order valence-corrected chi connectivity index (χ4v) is 5.15. The summed E-state index contributed by atoms with van der Waals surface area (Å²) in [5.41, 5.74) is 4.02. The van der Waals surface area contributed by atoms with E-state index in [9.17, 15) is 9.59 Å². The van der Waals surface area contributed by atoms with Crippen LogP contribution in [-0.2, 0) is 17.9 Å². The second-order valence-corrected chi connectivity index (χ2v) is 9.67. The quantitative estimate of drug-likeness (QED) is 0.461. The Kier molecular flexibility index (Phi) is 6.40. The van der Waals surface area contributed by atoms with E-state index in [-0.39, 0.29) is 17.4 Å². The van der Waals surface area contributed by atoms with Gasteiger partial charge in [0.1, 0.15) is 4.70 Å². The molecule has 1 N–H and O–H groups in total. The predicted molar refractivity (Wildman–Crippen MR) is 135 cm³/mol. The van der Waals surface area contributed by atoms with Crippen LogP contribution in [0.15, 0.2) is 65.0 Å². The monoisotopic (exact) mass is 473 g/mol. The molecular weight excluding hydrogens is 446 g/mol. The number of thiophene rings is 1. The number of aryl methyl sites for hydroxylation is 1. The Hall–Kier alpha value is -3.52. The van der Waals surface area contributed by atoms with Gasteiger partial charge in [-0.05, 0) is 54.5 Å². The molecule has 34 heavy (non-hydrogen) atoms. The van der Waals surface area contributed by atoms with Crippen LogP contribution in [0.2, 0.25) is 0 Å². The molecule has 1 fully saturated rings. The number of pyridine rings is 1. The molecule has 0 bridgehead atoms. The Balaban J connectivity index is 1.32. The second kappa shape index (κ2) is 9.77. The molecule has 8 heteroatoms. The van der Waals surface area contributed by atoms with Crippen molar-refractivity contribution in [3.63, 3.8) is 0 Å². The zero-order valence-corrected chi connectivity index (χ0v) is 19.9. The van der Waals surface area contributed by atoms with Gasteiger partial charge in [-0.2, -0.15) is 0 Å². The van der Waals surface area contributed by atoms with E-state index in [2.05, 4.69) is 46.4 Å². The van der Waals surface area contributed by atoms with Crippen LogP contribution in [0.1, 0.15) is 29.5 Å². The predicted octanol–water partition coefficient (Wildman–Crippen LogP) is 3.74. The number of nitrogens with zero attached hydrogens (tertiary/aromatic N) is 4. The van der Waals surface area contributed by atoms with Crippen molar-refractivity contribution in [2.45, 2.75) is 32.9 Å². The molecule has 1 aliphatic heterocycles. The number of anilines is 1. The van der Waals surface area contributed by atoms with Crippen LogP contribution in [0.25, 0.3) is 10.2 Å². The summed E-state index contributed by atoms with van der Waals surface area (Å²) < 4.78 is 2.47. The van der Waals surface area contributed by atoms with Crippen LogP contribution >= 0.6 is 11.3 Å². The highest BCUT2D eigenvalue weighted by Crippen LogP contribution is 2.25. The van der Waals surface area contributed by atoms with Crippen molar-refractivity contribution >= 4 is 33.4 Å². The number of benzene rings is 1. The van der Waals surface area contributed by atoms with E-state index in [0.29, 0.717) is 36.8 Å². The van der Waals surface area contributed by atoms with E-state index >= 15 is 0 Å². The number of hydrogen-bond acceptors (Lipinski definition) is 6. The smallest absolute Gasteiger partial charge is 0.273 e. The summed E-state index contributed by atoms with van der Waals surface area (Å²) in [6.07, 6.45) is 4.91. The zero-order chi connectivity index (χ0) is 23.5. The first-order valence-electron chi connectivity index (χ1n) is 11.5. The van der Waals surface area contributed by atoms with Crippen LogP contribution in [0.5, 0.6) is 0 Å². The van der Waals surface area contributed by atoms with Crippen LogP contribution in [0.3, 0.4) is 0 Å². The van der Waals surface area contributed by atoms with Gasteiger partial charge in [-0.1, -0.05) is 29.8 Å². The first-order chi connectivity index (χ1) is 16.6. The Morgan fingerprint density at radius 1 is 1.06 bits per heavy atom. The van der Waals surface area contributed by atoms with Gasteiger partial charge in [0.25, 0.3) is 5.56 Å². The molecule has 1 saturated heterocycles. The Morgan fingerprint density at radius 3 is 2.53 bits per heavy atom. The maximum Gasteiger partial charge on any atom is 0.273 e. The van der Waals surface area contributed by atoms with E-state index in [1.807, 2.05) is 23.6 Å². The van der Waals surface area contributed by atoms with Gasteiger partial charge in [0.15, 0.2) is 0 Å². The third-order valence-corrected chi connectivity index (χ3v) is 7.26. The molecular formula is C26H27N5O2S. The molecule has 1 amide bonds. The Morgan fingerprint density at radius 2 is 1.79 bits per heavy atom. The minimum atomic E-state index is -0.0414. The fourth-order valence-electron chi connectivity index (χ4n) is 4.37. The second-order valence-electron chi connectivity index (χ2n) is 8.76. The van der Waals surface area contributed by atoms with Gasteiger partial charge in [-0.25, -0.2) is 4.98 Å². The lowest BCUT2D eigenvalue weighted by Crippen LogP contribution is -2.42. The normalized spacial score (nSPS) is 14.4. The standard InChI is InChI=1S/C26H27N5O2S/c1-18-2-4-20(5-3-18)17-31-25(33)23-22(10-15-34-23)29-26(31)30-13-8-21(9-14-30)24(32)28-16-19-6-11-27-12-7-19/h2-7,10-12,15,21H,8-9,13-14,16-17H2,1H3,(H,28,32). The zero-order valence-electron chi connectivity index (χ0n) is 19.1. The van der Waals surface area contributed by atoms with Gasteiger partial charge >= 0.3 is 0 Å². The average molecular weight is 474 g/mol. The largest absolute Gasteiger partial charge is 0.352 e. The maximum atomic E-state index is 13.4. The van der Waals surface area contributed by atoms with E-state index in [1.54, 1.807) is 17.0 Å². The number of fused-ring (bicyclic) bond motifs is 1. The minimum absolute atomic E-state index is 0.00667. The summed E-state index contributed by atoms with van der Waals surface area (Å²) >= 11 is 1.43. The lowest BCUT2D eigenvalue weighted by Gasteiger charge is -2.33. The number of hydrogen-bond donors (Lipinski definition) is 1. The molecule has 3 aromatic heterocycles. The van der Waals surface area contributed by atoms with Crippen LogP contribution in [0, 0.1) is 12.8 Å². The molecule has 4 aromatic rings. The molecule has 5 rings (SSSR count). The van der Waals surface area contributed by atoms with E-state index in [0.717, 1.165) is 29.5 Å². The first-order valence-corrected chi connectivity index (χ1v) is 12.4. The summed E-state index contributed by atoms with van der Waals surface area (Å²) in [4.78, 5) is 37.1. The lowest BCUT2D eigenvalue weighted by molar-refractivity contribution is -0.125. The van der Waals surface area contributed by atoms with Gasteiger partial charge in [0.2, 0.25) is 11.9 Å². The maximum absolute atomic E-state index is 13.4. The number of aromatic nitrogens is 3. The van der Waals surface area contributed by atoms with E-state index in [4.69, 9.17) is 4.98 Å². The van der Waals surface area contributed by atoms with E-state index < -0.39 is 0 Å². The van der Waals surface area contributed by atoms with Gasteiger partial charge < -0.3 is 10.2 Å². The SMILES string of the molecule is Cc1ccc(Cn2c(N3CCC(C(=O)NCc4ccncc4)CC3)nc3ccsc3c2=O)cc1. The molecule has 7 nitrogen and oxygen atoms in total. The van der Waals surface area contributed by atoms with Crippen molar-refractivity contribution < 1.29 is 4.79 Å². The van der Waals surface area contributed by atoms with Crippen molar-refractivity contribution in [2.24, 2.45) is 5.92 Å². The highest BCUT2D eigenvalue weighted by Gasteiger charge is 2.27. The number of rotatable bonds is 6. The highest BCUT2D eigenvalue weighted by atomic mass is 32.1.